The summed E-state index contributed by atoms with van der Waals surface area (Å²) in [6, 6.07) is 14.1. The second-order valence-electron chi connectivity index (χ2n) is 6.80. The summed E-state index contributed by atoms with van der Waals surface area (Å²) in [5.74, 6) is 0.362. The summed E-state index contributed by atoms with van der Waals surface area (Å²) in [6.07, 6.45) is 0. The van der Waals surface area contributed by atoms with Crippen molar-refractivity contribution in [2.24, 2.45) is 0 Å². The molecule has 0 saturated carbocycles. The van der Waals surface area contributed by atoms with Crippen molar-refractivity contribution in [3.05, 3.63) is 70.2 Å². The summed E-state index contributed by atoms with van der Waals surface area (Å²) in [6.45, 7) is 1.79. The lowest BCUT2D eigenvalue weighted by molar-refractivity contribution is -0.131. The van der Waals surface area contributed by atoms with Gasteiger partial charge in [-0.25, -0.2) is 9.78 Å². The standard InChI is InChI=1S/C21H18ClN3O3S/c1-21(13-7-9-15(28-2)10-8-13)19(26)25(20(27)24-21)11-14-12-29-18(23-14)16-5-3-4-6-17(16)22/h3-10,12H,11H2,1-2H3,(H,24,27). The van der Waals surface area contributed by atoms with Crippen molar-refractivity contribution in [1.29, 1.82) is 0 Å². The number of amides is 3. The Bertz CT molecular complexity index is 1080. The van der Waals surface area contributed by atoms with E-state index in [4.69, 9.17) is 16.3 Å². The number of hydrogen-bond donors (Lipinski definition) is 1. The van der Waals surface area contributed by atoms with Gasteiger partial charge >= 0.3 is 6.03 Å². The predicted octanol–water partition coefficient (Wildman–Crippen LogP) is 4.44. The van der Waals surface area contributed by atoms with Gasteiger partial charge in [0.05, 0.1) is 24.4 Å². The molecule has 1 fully saturated rings. The van der Waals surface area contributed by atoms with Crippen molar-refractivity contribution in [1.82, 2.24) is 15.2 Å². The number of benzene rings is 2. The van der Waals surface area contributed by atoms with Crippen LogP contribution in [-0.4, -0.2) is 28.9 Å². The van der Waals surface area contributed by atoms with E-state index < -0.39 is 11.6 Å². The summed E-state index contributed by atoms with van der Waals surface area (Å²) in [7, 11) is 1.58. The zero-order valence-electron chi connectivity index (χ0n) is 15.8. The number of ether oxygens (including phenoxy) is 1. The number of aromatic nitrogens is 1. The van der Waals surface area contributed by atoms with E-state index in [9.17, 15) is 9.59 Å². The van der Waals surface area contributed by atoms with Crippen molar-refractivity contribution >= 4 is 34.9 Å². The van der Waals surface area contributed by atoms with E-state index in [1.165, 1.54) is 16.2 Å². The summed E-state index contributed by atoms with van der Waals surface area (Å²) < 4.78 is 5.16. The van der Waals surface area contributed by atoms with E-state index >= 15 is 0 Å². The average Bonchev–Trinajstić information content (AvgIpc) is 3.27. The van der Waals surface area contributed by atoms with Crippen LogP contribution in [0.4, 0.5) is 4.79 Å². The van der Waals surface area contributed by atoms with Gasteiger partial charge in [0.1, 0.15) is 16.3 Å². The molecule has 0 spiro atoms. The predicted molar refractivity (Wildman–Crippen MR) is 112 cm³/mol. The highest BCUT2D eigenvalue weighted by atomic mass is 35.5. The molecule has 3 amide bonds. The first kappa shape index (κ1) is 19.4. The summed E-state index contributed by atoms with van der Waals surface area (Å²) in [5, 5.41) is 5.99. The van der Waals surface area contributed by atoms with Crippen LogP contribution in [0, 0.1) is 0 Å². The van der Waals surface area contributed by atoms with E-state index in [-0.39, 0.29) is 12.5 Å². The Morgan fingerprint density at radius 2 is 1.90 bits per heavy atom. The third-order valence-corrected chi connectivity index (χ3v) is 6.17. The van der Waals surface area contributed by atoms with E-state index in [0.29, 0.717) is 22.0 Å². The normalized spacial score (nSPS) is 18.8. The fourth-order valence-electron chi connectivity index (χ4n) is 3.26. The van der Waals surface area contributed by atoms with Crippen LogP contribution >= 0.6 is 22.9 Å². The van der Waals surface area contributed by atoms with E-state index in [1.54, 1.807) is 44.4 Å². The summed E-state index contributed by atoms with van der Waals surface area (Å²) in [5.41, 5.74) is 1.01. The van der Waals surface area contributed by atoms with Crippen LogP contribution in [0.5, 0.6) is 5.75 Å². The van der Waals surface area contributed by atoms with Crippen LogP contribution in [0.3, 0.4) is 0 Å². The van der Waals surface area contributed by atoms with Crippen molar-refractivity contribution in [2.45, 2.75) is 19.0 Å². The van der Waals surface area contributed by atoms with Crippen LogP contribution in [0.15, 0.2) is 53.9 Å². The minimum Gasteiger partial charge on any atom is -0.497 e. The van der Waals surface area contributed by atoms with Gasteiger partial charge in [0, 0.05) is 10.9 Å². The molecule has 29 heavy (non-hydrogen) atoms. The molecule has 1 N–H and O–H groups in total. The quantitative estimate of drug-likeness (QED) is 0.611. The second-order valence-corrected chi connectivity index (χ2v) is 8.06. The van der Waals surface area contributed by atoms with Crippen molar-refractivity contribution in [3.63, 3.8) is 0 Å². The first-order chi connectivity index (χ1) is 13.9. The van der Waals surface area contributed by atoms with Gasteiger partial charge in [-0.15, -0.1) is 11.3 Å². The number of urea groups is 1. The Morgan fingerprint density at radius 3 is 2.59 bits per heavy atom. The second kappa shape index (κ2) is 7.50. The fourth-order valence-corrected chi connectivity index (χ4v) is 4.39. The number of halogens is 1. The molecule has 1 atom stereocenters. The molecule has 1 aromatic heterocycles. The number of carbonyl (C=O) groups is 2. The molecule has 4 rings (SSSR count). The number of nitrogens with zero attached hydrogens (tertiary/aromatic N) is 2. The molecule has 1 unspecified atom stereocenters. The van der Waals surface area contributed by atoms with Gasteiger partial charge in [-0.1, -0.05) is 41.9 Å². The van der Waals surface area contributed by atoms with Gasteiger partial charge in [0.2, 0.25) is 0 Å². The number of carbonyl (C=O) groups excluding carboxylic acids is 2. The molecule has 0 aliphatic carbocycles. The molecule has 0 radical (unpaired) electrons. The largest absolute Gasteiger partial charge is 0.497 e. The maximum atomic E-state index is 13.1. The molecule has 8 heteroatoms. The molecule has 148 valence electrons. The molecular formula is C21H18ClN3O3S. The minimum atomic E-state index is -1.13. The number of hydrogen-bond acceptors (Lipinski definition) is 5. The van der Waals surface area contributed by atoms with Crippen LogP contribution in [0.1, 0.15) is 18.2 Å². The lowest BCUT2D eigenvalue weighted by Gasteiger charge is -2.22. The third-order valence-electron chi connectivity index (χ3n) is 4.92. The first-order valence-corrected chi connectivity index (χ1v) is 10.2. The van der Waals surface area contributed by atoms with Gasteiger partial charge in [-0.2, -0.15) is 0 Å². The van der Waals surface area contributed by atoms with Gasteiger partial charge < -0.3 is 10.1 Å². The number of imide groups is 1. The Hall–Kier alpha value is -2.90. The van der Waals surface area contributed by atoms with Crippen LogP contribution in [-0.2, 0) is 16.9 Å². The summed E-state index contributed by atoms with van der Waals surface area (Å²) >= 11 is 7.66. The molecule has 6 nitrogen and oxygen atoms in total. The minimum absolute atomic E-state index is 0.0946. The SMILES string of the molecule is COc1ccc(C2(C)NC(=O)N(Cc3csc(-c4ccccc4Cl)n3)C2=O)cc1. The van der Waals surface area contributed by atoms with Gasteiger partial charge in [-0.3, -0.25) is 9.69 Å². The molecule has 3 aromatic rings. The third kappa shape index (κ3) is 3.47. The van der Waals surface area contributed by atoms with Crippen LogP contribution < -0.4 is 10.1 Å². The fraction of sp³-hybridized carbons (Fsp3) is 0.190. The molecule has 1 aliphatic rings. The Morgan fingerprint density at radius 1 is 1.17 bits per heavy atom. The van der Waals surface area contributed by atoms with Crippen LogP contribution in [0.25, 0.3) is 10.6 Å². The maximum Gasteiger partial charge on any atom is 0.325 e. The van der Waals surface area contributed by atoms with Gasteiger partial charge in [0.25, 0.3) is 5.91 Å². The Labute approximate surface area is 177 Å². The highest BCUT2D eigenvalue weighted by Crippen LogP contribution is 2.33. The van der Waals surface area contributed by atoms with Gasteiger partial charge in [0.15, 0.2) is 0 Å². The van der Waals surface area contributed by atoms with Crippen molar-refractivity contribution in [3.8, 4) is 16.3 Å². The van der Waals surface area contributed by atoms with Crippen LogP contribution in [0.2, 0.25) is 5.02 Å². The molecular weight excluding hydrogens is 410 g/mol. The molecule has 1 aliphatic heterocycles. The zero-order valence-corrected chi connectivity index (χ0v) is 17.4. The molecule has 2 aromatic carbocycles. The number of thiazole rings is 1. The molecule has 0 bridgehead atoms. The average molecular weight is 428 g/mol. The Balaban J connectivity index is 1.56. The van der Waals surface area contributed by atoms with E-state index in [0.717, 1.165) is 10.6 Å². The van der Waals surface area contributed by atoms with E-state index in [2.05, 4.69) is 10.3 Å². The van der Waals surface area contributed by atoms with E-state index in [1.807, 2.05) is 23.6 Å². The van der Waals surface area contributed by atoms with Crippen molar-refractivity contribution < 1.29 is 14.3 Å². The highest BCUT2D eigenvalue weighted by molar-refractivity contribution is 7.13. The Kier molecular flexibility index (Phi) is 5.02. The zero-order chi connectivity index (χ0) is 20.6. The van der Waals surface area contributed by atoms with Crippen molar-refractivity contribution in [2.75, 3.05) is 7.11 Å². The topological polar surface area (TPSA) is 71.5 Å². The lowest BCUT2D eigenvalue weighted by atomic mass is 9.92. The number of nitrogens with one attached hydrogen (secondary N) is 1. The molecule has 1 saturated heterocycles. The van der Waals surface area contributed by atoms with Gasteiger partial charge in [-0.05, 0) is 30.7 Å². The number of rotatable bonds is 5. The highest BCUT2D eigenvalue weighted by Gasteiger charge is 2.49. The molecule has 2 heterocycles. The summed E-state index contributed by atoms with van der Waals surface area (Å²) in [4.78, 5) is 31.4. The first-order valence-electron chi connectivity index (χ1n) is 8.90. The lowest BCUT2D eigenvalue weighted by Crippen LogP contribution is -2.40. The monoisotopic (exact) mass is 427 g/mol. The number of methoxy groups -OCH3 is 1. The smallest absolute Gasteiger partial charge is 0.325 e. The maximum absolute atomic E-state index is 13.1.